The Morgan fingerprint density at radius 2 is 1.58 bits per heavy atom. The molecule has 12 heteroatoms. The number of carbonyl (C=O) groups excluding carboxylic acids is 3. The van der Waals surface area contributed by atoms with Gasteiger partial charge >= 0.3 is 6.09 Å². The number of aryl methyl sites for hydroxylation is 2. The molecule has 2 heterocycles. The number of rotatable bonds is 9. The van der Waals surface area contributed by atoms with Crippen molar-refractivity contribution in [2.75, 3.05) is 32.7 Å². The molecule has 3 unspecified atom stereocenters. The summed E-state index contributed by atoms with van der Waals surface area (Å²) in [6.07, 6.45) is 0.641. The summed E-state index contributed by atoms with van der Waals surface area (Å²) in [7, 11) is 0. The van der Waals surface area contributed by atoms with Gasteiger partial charge in [0.1, 0.15) is 6.04 Å². The van der Waals surface area contributed by atoms with Crippen molar-refractivity contribution in [1.82, 2.24) is 24.9 Å². The Kier molecular flexibility index (Phi) is 11.4. The molecule has 0 aromatic heterocycles. The molecule has 3 aromatic carbocycles. The van der Waals surface area contributed by atoms with Gasteiger partial charge in [0.2, 0.25) is 11.8 Å². The zero-order chi connectivity index (χ0) is 38.2. The minimum Gasteiger partial charge on any atom is -0.465 e. The van der Waals surface area contributed by atoms with E-state index in [-0.39, 0.29) is 48.7 Å². The number of hydrogen-bond donors (Lipinski definition) is 2. The number of piperidine rings is 1. The Labute approximate surface area is 322 Å². The Morgan fingerprint density at radius 1 is 0.887 bits per heavy atom. The molecule has 5 atom stereocenters. The Bertz CT molecular complexity index is 1850. The number of amides is 4. The molecule has 3 aliphatic rings. The molecule has 1 saturated carbocycles. The molecule has 2 N–H and O–H groups in total. The van der Waals surface area contributed by atoms with Gasteiger partial charge in [-0.2, -0.15) is 0 Å². The van der Waals surface area contributed by atoms with Gasteiger partial charge in [0, 0.05) is 55.8 Å². The average Bonchev–Trinajstić information content (AvgIpc) is 3.71. The summed E-state index contributed by atoms with van der Waals surface area (Å²) in [5, 5.41) is 14.6. The number of nitrogens with one attached hydrogen (secondary N) is 1. The summed E-state index contributed by atoms with van der Waals surface area (Å²) in [5.74, 6) is -0.195. The number of hydrogen-bond acceptors (Lipinski definition) is 5. The number of benzene rings is 3. The van der Waals surface area contributed by atoms with E-state index in [0.29, 0.717) is 48.2 Å². The molecule has 3 fully saturated rings. The van der Waals surface area contributed by atoms with Crippen LogP contribution >= 0.6 is 23.2 Å². The lowest BCUT2D eigenvalue weighted by Crippen LogP contribution is -2.60. The smallest absolute Gasteiger partial charge is 0.408 e. The number of piperazine rings is 1. The third kappa shape index (κ3) is 8.50. The first kappa shape index (κ1) is 38.6. The minimum absolute atomic E-state index is 0.0367. The van der Waals surface area contributed by atoms with Gasteiger partial charge in [-0.15, -0.1) is 0 Å². The Hall–Kier alpha value is -4.12. The Morgan fingerprint density at radius 3 is 2.19 bits per heavy atom. The molecular weight excluding hydrogens is 713 g/mol. The van der Waals surface area contributed by atoms with Crippen molar-refractivity contribution in [1.29, 1.82) is 0 Å². The molecule has 53 heavy (non-hydrogen) atoms. The van der Waals surface area contributed by atoms with Gasteiger partial charge in [-0.1, -0.05) is 76.8 Å². The predicted molar refractivity (Wildman–Crippen MR) is 206 cm³/mol. The van der Waals surface area contributed by atoms with Crippen LogP contribution in [0.15, 0.2) is 66.7 Å². The highest BCUT2D eigenvalue weighted by Crippen LogP contribution is 2.39. The third-order valence-corrected chi connectivity index (χ3v) is 11.7. The summed E-state index contributed by atoms with van der Waals surface area (Å²) in [6.45, 7) is 11.1. The van der Waals surface area contributed by atoms with Crippen LogP contribution in [0.1, 0.15) is 72.3 Å². The number of nitrogens with zero attached hydrogens (tertiary/aromatic N) is 4. The Balaban J connectivity index is 1.13. The fourth-order valence-corrected chi connectivity index (χ4v) is 8.86. The molecule has 2 saturated heterocycles. The lowest BCUT2D eigenvalue weighted by Gasteiger charge is -2.43. The highest BCUT2D eigenvalue weighted by molar-refractivity contribution is 6.42. The molecule has 6 rings (SSSR count). The van der Waals surface area contributed by atoms with Crippen molar-refractivity contribution in [3.63, 3.8) is 0 Å². The standard InChI is InChI=1S/C41H49Cl2N5O5/c1-25-15-26(2)17-29(16-25)38(50)45-13-14-46(36(24-45)28-11-12-32(42)33(43)20-28)37(49)22-44-34-21-31-19-30(34)23-47(31)39(51)35(18-27-9-7-6-8-10-27)48(40(52)53)41(3,4)5/h6-12,15-17,20,30-31,34-36,44H,13-14,18-19,21-24H2,1-5H3,(H,52,53)/t30?,31?,34?,35-,36+/m1/s1. The van der Waals surface area contributed by atoms with Crippen LogP contribution in [0.5, 0.6) is 0 Å². The molecule has 282 valence electrons. The second kappa shape index (κ2) is 15.7. The zero-order valence-electron chi connectivity index (χ0n) is 31.0. The van der Waals surface area contributed by atoms with E-state index in [0.717, 1.165) is 28.7 Å². The molecular formula is C41H49Cl2N5O5. The van der Waals surface area contributed by atoms with E-state index in [2.05, 4.69) is 5.32 Å². The monoisotopic (exact) mass is 761 g/mol. The van der Waals surface area contributed by atoms with Gasteiger partial charge in [-0.05, 0) is 88.8 Å². The molecule has 3 aromatic rings. The maximum absolute atomic E-state index is 14.2. The van der Waals surface area contributed by atoms with Crippen molar-refractivity contribution in [2.45, 2.75) is 83.6 Å². The lowest BCUT2D eigenvalue weighted by atomic mass is 9.96. The average molecular weight is 763 g/mol. The molecule has 0 radical (unpaired) electrons. The number of likely N-dealkylation sites (tertiary alicyclic amines) is 1. The van der Waals surface area contributed by atoms with Crippen LogP contribution in [0.3, 0.4) is 0 Å². The van der Waals surface area contributed by atoms with Gasteiger partial charge in [0.25, 0.3) is 5.91 Å². The van der Waals surface area contributed by atoms with Crippen molar-refractivity contribution >= 4 is 47.0 Å². The molecule has 2 aliphatic heterocycles. The number of carbonyl (C=O) groups is 4. The number of halogens is 2. The van der Waals surface area contributed by atoms with Crippen molar-refractivity contribution in [2.24, 2.45) is 5.92 Å². The van der Waals surface area contributed by atoms with Crippen molar-refractivity contribution in [3.8, 4) is 0 Å². The summed E-state index contributed by atoms with van der Waals surface area (Å²) in [6, 6.07) is 19.4. The minimum atomic E-state index is -1.12. The van der Waals surface area contributed by atoms with Crippen molar-refractivity contribution < 1.29 is 24.3 Å². The van der Waals surface area contributed by atoms with E-state index in [1.807, 2.05) is 99.0 Å². The van der Waals surface area contributed by atoms with E-state index in [1.165, 1.54) is 4.90 Å². The molecule has 10 nitrogen and oxygen atoms in total. The lowest BCUT2D eigenvalue weighted by molar-refractivity contribution is -0.140. The van der Waals surface area contributed by atoms with Crippen LogP contribution in [0.2, 0.25) is 10.0 Å². The van der Waals surface area contributed by atoms with Crippen LogP contribution in [0.25, 0.3) is 0 Å². The second-order valence-electron chi connectivity index (χ2n) is 15.8. The van der Waals surface area contributed by atoms with Gasteiger partial charge in [-0.25, -0.2) is 4.79 Å². The third-order valence-electron chi connectivity index (χ3n) is 10.9. The largest absolute Gasteiger partial charge is 0.465 e. The van der Waals surface area contributed by atoms with Crippen LogP contribution in [-0.4, -0.2) is 105 Å². The number of carboxylic acid groups (broad SMARTS) is 1. The van der Waals surface area contributed by atoms with Crippen molar-refractivity contribution in [3.05, 3.63) is 105 Å². The van der Waals surface area contributed by atoms with Crippen LogP contribution < -0.4 is 5.32 Å². The molecule has 2 bridgehead atoms. The van der Waals surface area contributed by atoms with E-state index in [1.54, 1.807) is 17.0 Å². The highest BCUT2D eigenvalue weighted by Gasteiger charge is 2.50. The van der Waals surface area contributed by atoms with Gasteiger partial charge in [-0.3, -0.25) is 19.3 Å². The van der Waals surface area contributed by atoms with Gasteiger partial charge < -0.3 is 25.1 Å². The van der Waals surface area contributed by atoms with E-state index in [9.17, 15) is 24.3 Å². The second-order valence-corrected chi connectivity index (χ2v) is 16.6. The summed E-state index contributed by atoms with van der Waals surface area (Å²) in [5.41, 5.74) is 3.58. The quantitative estimate of drug-likeness (QED) is 0.254. The van der Waals surface area contributed by atoms with E-state index < -0.39 is 23.7 Å². The van der Waals surface area contributed by atoms with Crippen LogP contribution in [-0.2, 0) is 16.0 Å². The van der Waals surface area contributed by atoms with Gasteiger partial charge in [0.05, 0.1) is 22.6 Å². The van der Waals surface area contributed by atoms with E-state index in [4.69, 9.17) is 23.2 Å². The summed E-state index contributed by atoms with van der Waals surface area (Å²) < 4.78 is 0. The zero-order valence-corrected chi connectivity index (χ0v) is 32.5. The first-order valence-electron chi connectivity index (χ1n) is 18.3. The number of fused-ring (bicyclic) bond motifs is 2. The maximum atomic E-state index is 14.2. The highest BCUT2D eigenvalue weighted by atomic mass is 35.5. The van der Waals surface area contributed by atoms with E-state index >= 15 is 0 Å². The summed E-state index contributed by atoms with van der Waals surface area (Å²) >= 11 is 12.7. The topological polar surface area (TPSA) is 114 Å². The van der Waals surface area contributed by atoms with Crippen LogP contribution in [0.4, 0.5) is 4.79 Å². The fraction of sp³-hybridized carbons (Fsp3) is 0.463. The normalized spacial score (nSPS) is 21.8. The molecule has 4 amide bonds. The maximum Gasteiger partial charge on any atom is 0.408 e. The van der Waals surface area contributed by atoms with Crippen LogP contribution in [0, 0.1) is 19.8 Å². The fourth-order valence-electron chi connectivity index (χ4n) is 8.55. The van der Waals surface area contributed by atoms with Gasteiger partial charge in [0.15, 0.2) is 0 Å². The predicted octanol–water partition coefficient (Wildman–Crippen LogP) is 6.60. The SMILES string of the molecule is Cc1cc(C)cc(C(=O)N2CCN(C(=O)CNC3CC4CC3CN4C(=O)[C@@H](Cc3ccccc3)N(C(=O)O)C(C)(C)C)[C@H](c3ccc(Cl)c(Cl)c3)C2)c1. The first-order chi connectivity index (χ1) is 25.1. The molecule has 1 aliphatic carbocycles. The summed E-state index contributed by atoms with van der Waals surface area (Å²) in [4.78, 5) is 61.2. The molecule has 0 spiro atoms. The first-order valence-corrected chi connectivity index (χ1v) is 19.1.